The first-order valence-electron chi connectivity index (χ1n) is 5.10. The SMILES string of the molecule is COc1cc(-c2cc(Cl)cc(Cl)c2)cc(F)c1N. The zero-order valence-corrected chi connectivity index (χ0v) is 11.0. The lowest BCUT2D eigenvalue weighted by Gasteiger charge is -2.09. The van der Waals surface area contributed by atoms with Gasteiger partial charge in [0.05, 0.1) is 7.11 Å². The molecule has 2 rings (SSSR count). The highest BCUT2D eigenvalue weighted by molar-refractivity contribution is 6.35. The van der Waals surface area contributed by atoms with E-state index in [1.54, 1.807) is 24.3 Å². The summed E-state index contributed by atoms with van der Waals surface area (Å²) in [7, 11) is 1.43. The molecule has 94 valence electrons. The molecule has 0 amide bonds. The fourth-order valence-electron chi connectivity index (χ4n) is 1.65. The van der Waals surface area contributed by atoms with E-state index in [0.29, 0.717) is 21.2 Å². The number of hydrogen-bond acceptors (Lipinski definition) is 2. The zero-order valence-electron chi connectivity index (χ0n) is 9.51. The van der Waals surface area contributed by atoms with E-state index in [2.05, 4.69) is 0 Å². The molecule has 0 spiro atoms. The van der Waals surface area contributed by atoms with Crippen molar-refractivity contribution in [2.24, 2.45) is 0 Å². The van der Waals surface area contributed by atoms with E-state index >= 15 is 0 Å². The molecule has 2 aromatic rings. The molecule has 0 heterocycles. The molecule has 0 aliphatic heterocycles. The zero-order chi connectivity index (χ0) is 13.3. The van der Waals surface area contributed by atoms with E-state index in [0.717, 1.165) is 0 Å². The van der Waals surface area contributed by atoms with Crippen LogP contribution in [0.15, 0.2) is 30.3 Å². The number of benzene rings is 2. The minimum Gasteiger partial charge on any atom is -0.494 e. The lowest BCUT2D eigenvalue weighted by molar-refractivity contribution is 0.414. The Labute approximate surface area is 114 Å². The van der Waals surface area contributed by atoms with Crippen molar-refractivity contribution in [1.29, 1.82) is 0 Å². The van der Waals surface area contributed by atoms with Crippen LogP contribution in [0, 0.1) is 5.82 Å². The second kappa shape index (κ2) is 5.04. The second-order valence-corrected chi connectivity index (χ2v) is 4.60. The fraction of sp³-hybridized carbons (Fsp3) is 0.0769. The quantitative estimate of drug-likeness (QED) is 0.831. The predicted molar refractivity (Wildman–Crippen MR) is 72.8 cm³/mol. The average Bonchev–Trinajstić information content (AvgIpc) is 2.31. The topological polar surface area (TPSA) is 35.2 Å². The first kappa shape index (κ1) is 13.0. The van der Waals surface area contributed by atoms with Crippen LogP contribution in [-0.2, 0) is 0 Å². The van der Waals surface area contributed by atoms with Crippen molar-refractivity contribution in [1.82, 2.24) is 0 Å². The van der Waals surface area contributed by atoms with E-state index in [4.69, 9.17) is 33.7 Å². The summed E-state index contributed by atoms with van der Waals surface area (Å²) in [5.41, 5.74) is 6.83. The van der Waals surface area contributed by atoms with Gasteiger partial charge in [0.15, 0.2) is 5.82 Å². The molecule has 0 aromatic heterocycles. The summed E-state index contributed by atoms with van der Waals surface area (Å²) in [6.07, 6.45) is 0. The molecule has 0 aliphatic carbocycles. The molecule has 0 unspecified atom stereocenters. The predicted octanol–water partition coefficient (Wildman–Crippen LogP) is 4.39. The smallest absolute Gasteiger partial charge is 0.150 e. The first-order chi connectivity index (χ1) is 8.51. The van der Waals surface area contributed by atoms with Gasteiger partial charge in [0, 0.05) is 10.0 Å². The molecule has 2 nitrogen and oxygen atoms in total. The Morgan fingerprint density at radius 3 is 2.11 bits per heavy atom. The third-order valence-electron chi connectivity index (χ3n) is 2.51. The van der Waals surface area contributed by atoms with Gasteiger partial charge in [-0.05, 0) is 41.5 Å². The van der Waals surface area contributed by atoms with E-state index in [-0.39, 0.29) is 11.4 Å². The van der Waals surface area contributed by atoms with Crippen molar-refractivity contribution in [3.63, 3.8) is 0 Å². The molecule has 0 fully saturated rings. The molecular weight excluding hydrogens is 276 g/mol. The Kier molecular flexibility index (Phi) is 3.64. The van der Waals surface area contributed by atoms with Crippen LogP contribution in [0.4, 0.5) is 10.1 Å². The average molecular weight is 286 g/mol. The molecule has 5 heteroatoms. The van der Waals surface area contributed by atoms with Crippen LogP contribution < -0.4 is 10.5 Å². The Bertz CT molecular complexity index is 582. The summed E-state index contributed by atoms with van der Waals surface area (Å²) in [5.74, 6) is -0.262. The van der Waals surface area contributed by atoms with E-state index in [9.17, 15) is 4.39 Å². The molecule has 0 bridgehead atoms. The number of rotatable bonds is 2. The highest BCUT2D eigenvalue weighted by Gasteiger charge is 2.10. The third kappa shape index (κ3) is 2.52. The minimum atomic E-state index is -0.541. The van der Waals surface area contributed by atoms with Gasteiger partial charge in [-0.25, -0.2) is 4.39 Å². The van der Waals surface area contributed by atoms with Gasteiger partial charge in [-0.1, -0.05) is 23.2 Å². The minimum absolute atomic E-state index is 0.0191. The van der Waals surface area contributed by atoms with Crippen LogP contribution >= 0.6 is 23.2 Å². The number of anilines is 1. The molecular formula is C13H10Cl2FNO. The van der Waals surface area contributed by atoms with Gasteiger partial charge in [-0.3, -0.25) is 0 Å². The third-order valence-corrected chi connectivity index (χ3v) is 2.94. The fourth-order valence-corrected chi connectivity index (χ4v) is 2.17. The van der Waals surface area contributed by atoms with Crippen LogP contribution in [0.5, 0.6) is 5.75 Å². The van der Waals surface area contributed by atoms with Gasteiger partial charge in [-0.2, -0.15) is 0 Å². The van der Waals surface area contributed by atoms with Crippen LogP contribution in [0.2, 0.25) is 10.0 Å². The van der Waals surface area contributed by atoms with Gasteiger partial charge in [0.2, 0.25) is 0 Å². The lowest BCUT2D eigenvalue weighted by atomic mass is 10.0. The summed E-state index contributed by atoms with van der Waals surface area (Å²) in [6, 6.07) is 7.95. The van der Waals surface area contributed by atoms with Crippen LogP contribution in [-0.4, -0.2) is 7.11 Å². The first-order valence-corrected chi connectivity index (χ1v) is 5.86. The number of nitrogens with two attached hydrogens (primary N) is 1. The Hall–Kier alpha value is -1.45. The highest BCUT2D eigenvalue weighted by Crippen LogP contribution is 2.33. The number of methoxy groups -OCH3 is 1. The van der Waals surface area contributed by atoms with Crippen LogP contribution in [0.1, 0.15) is 0 Å². The standard InChI is InChI=1S/C13H10Cl2FNO/c1-18-12-5-8(4-11(16)13(12)17)7-2-9(14)6-10(15)3-7/h2-6H,17H2,1H3. The molecule has 18 heavy (non-hydrogen) atoms. The van der Waals surface area contributed by atoms with Crippen molar-refractivity contribution in [2.75, 3.05) is 12.8 Å². The van der Waals surface area contributed by atoms with Gasteiger partial charge in [0.25, 0.3) is 0 Å². The van der Waals surface area contributed by atoms with E-state index in [1.807, 2.05) is 0 Å². The number of nitrogen functional groups attached to an aromatic ring is 1. The van der Waals surface area contributed by atoms with Crippen LogP contribution in [0.25, 0.3) is 11.1 Å². The van der Waals surface area contributed by atoms with Gasteiger partial charge in [-0.15, -0.1) is 0 Å². The normalized spacial score (nSPS) is 10.4. The summed E-state index contributed by atoms with van der Waals surface area (Å²) in [4.78, 5) is 0. The maximum atomic E-state index is 13.6. The van der Waals surface area contributed by atoms with Crippen LogP contribution in [0.3, 0.4) is 0 Å². The Balaban J connectivity index is 2.60. The van der Waals surface area contributed by atoms with E-state index in [1.165, 1.54) is 13.2 Å². The number of hydrogen-bond donors (Lipinski definition) is 1. The van der Waals surface area contributed by atoms with Gasteiger partial charge in [0.1, 0.15) is 11.4 Å². The van der Waals surface area contributed by atoms with E-state index < -0.39 is 5.82 Å². The summed E-state index contributed by atoms with van der Waals surface area (Å²) in [5, 5.41) is 0.961. The van der Waals surface area contributed by atoms with Crippen molar-refractivity contribution in [2.45, 2.75) is 0 Å². The van der Waals surface area contributed by atoms with Gasteiger partial charge >= 0.3 is 0 Å². The highest BCUT2D eigenvalue weighted by atomic mass is 35.5. The number of halogens is 3. The lowest BCUT2D eigenvalue weighted by Crippen LogP contribution is -1.96. The van der Waals surface area contributed by atoms with Crippen molar-refractivity contribution >= 4 is 28.9 Å². The maximum Gasteiger partial charge on any atom is 0.150 e. The molecule has 0 radical (unpaired) electrons. The summed E-state index contributed by atoms with van der Waals surface area (Å²) < 4.78 is 18.7. The summed E-state index contributed by atoms with van der Waals surface area (Å²) >= 11 is 11.8. The van der Waals surface area contributed by atoms with Crippen molar-refractivity contribution < 1.29 is 9.13 Å². The maximum absolute atomic E-state index is 13.6. The largest absolute Gasteiger partial charge is 0.494 e. The molecule has 0 atom stereocenters. The molecule has 0 aliphatic rings. The monoisotopic (exact) mass is 285 g/mol. The number of ether oxygens (including phenoxy) is 1. The Morgan fingerprint density at radius 1 is 1.00 bits per heavy atom. The molecule has 2 aromatic carbocycles. The van der Waals surface area contributed by atoms with Crippen molar-refractivity contribution in [3.8, 4) is 16.9 Å². The molecule has 0 saturated carbocycles. The molecule has 2 N–H and O–H groups in total. The Morgan fingerprint density at radius 2 is 1.56 bits per heavy atom. The van der Waals surface area contributed by atoms with Crippen molar-refractivity contribution in [3.05, 3.63) is 46.2 Å². The summed E-state index contributed by atoms with van der Waals surface area (Å²) in [6.45, 7) is 0. The second-order valence-electron chi connectivity index (χ2n) is 3.73. The van der Waals surface area contributed by atoms with Gasteiger partial charge < -0.3 is 10.5 Å². The molecule has 0 saturated heterocycles.